The van der Waals surface area contributed by atoms with Gasteiger partial charge in [0.25, 0.3) is 0 Å². The van der Waals surface area contributed by atoms with Crippen molar-refractivity contribution in [1.29, 1.82) is 0 Å². The van der Waals surface area contributed by atoms with Crippen LogP contribution in [0.5, 0.6) is 0 Å². The summed E-state index contributed by atoms with van der Waals surface area (Å²) in [4.78, 5) is 20.3. The van der Waals surface area contributed by atoms with Gasteiger partial charge in [0.15, 0.2) is 0 Å². The van der Waals surface area contributed by atoms with Crippen molar-refractivity contribution < 1.29 is 19.8 Å². The molecule has 0 bridgehead atoms. The standard InChI is InChI=1S/2C15H30O2.Mg/c2*1-2-3-4-5-6-7-8-9-10-11-12-13-14-15(16)17;/h2*2-14H2,1H3,(H,16,17);/q;;+2/p-2. The van der Waals surface area contributed by atoms with Crippen LogP contribution in [0.4, 0.5) is 0 Å². The second kappa shape index (κ2) is 35.9. The van der Waals surface area contributed by atoms with E-state index in [9.17, 15) is 19.8 Å². The van der Waals surface area contributed by atoms with Gasteiger partial charge in [-0.05, 0) is 25.7 Å². The van der Waals surface area contributed by atoms with Crippen LogP contribution in [0.25, 0.3) is 0 Å². The largest absolute Gasteiger partial charge is 2.00 e. The molecule has 0 heterocycles. The van der Waals surface area contributed by atoms with E-state index in [2.05, 4.69) is 13.8 Å². The zero-order valence-corrected chi connectivity index (χ0v) is 25.1. The van der Waals surface area contributed by atoms with Crippen molar-refractivity contribution in [3.63, 3.8) is 0 Å². The Balaban J connectivity index is -0.000000569. The third kappa shape index (κ3) is 44.1. The molecule has 0 amide bonds. The van der Waals surface area contributed by atoms with E-state index >= 15 is 0 Å². The van der Waals surface area contributed by atoms with E-state index in [0.29, 0.717) is 0 Å². The number of carboxylic acid groups (broad SMARTS) is 2. The molecule has 0 aliphatic heterocycles. The minimum absolute atomic E-state index is 0. The molecule has 4 nitrogen and oxygen atoms in total. The van der Waals surface area contributed by atoms with Gasteiger partial charge in [-0.1, -0.05) is 155 Å². The molecule has 0 aromatic rings. The Bertz CT molecular complexity index is 377. The van der Waals surface area contributed by atoms with Crippen molar-refractivity contribution in [2.75, 3.05) is 0 Å². The van der Waals surface area contributed by atoms with E-state index in [1.54, 1.807) is 0 Å². The van der Waals surface area contributed by atoms with Crippen LogP contribution in [0.1, 0.15) is 181 Å². The zero-order chi connectivity index (χ0) is 25.5. The second-order valence-corrected chi connectivity index (χ2v) is 10.0. The summed E-state index contributed by atoms with van der Waals surface area (Å²) in [5.74, 6) is -1.81. The van der Waals surface area contributed by atoms with Crippen LogP contribution in [0, 0.1) is 0 Å². The zero-order valence-electron chi connectivity index (χ0n) is 23.7. The molecular weight excluding hydrogens is 449 g/mol. The molecule has 0 saturated heterocycles. The number of carboxylic acids is 2. The van der Waals surface area contributed by atoms with Gasteiger partial charge in [-0.25, -0.2) is 0 Å². The molecule has 204 valence electrons. The number of carbonyl (C=O) groups is 2. The molecule has 5 heteroatoms. The first-order valence-electron chi connectivity index (χ1n) is 14.9. The number of unbranched alkanes of at least 4 members (excludes halogenated alkanes) is 22. The van der Waals surface area contributed by atoms with Crippen molar-refractivity contribution in [2.45, 2.75) is 181 Å². The number of carbonyl (C=O) groups excluding carboxylic acids is 2. The van der Waals surface area contributed by atoms with Crippen LogP contribution in [0.15, 0.2) is 0 Å². The van der Waals surface area contributed by atoms with Gasteiger partial charge in [0.1, 0.15) is 0 Å². The van der Waals surface area contributed by atoms with Crippen molar-refractivity contribution in [3.05, 3.63) is 0 Å². The van der Waals surface area contributed by atoms with Gasteiger partial charge in [-0.3, -0.25) is 0 Å². The van der Waals surface area contributed by atoms with Crippen molar-refractivity contribution in [1.82, 2.24) is 0 Å². The van der Waals surface area contributed by atoms with Gasteiger partial charge in [-0.2, -0.15) is 0 Å². The third-order valence-electron chi connectivity index (χ3n) is 6.47. The van der Waals surface area contributed by atoms with Gasteiger partial charge in [0, 0.05) is 11.9 Å². The topological polar surface area (TPSA) is 80.3 Å². The number of aliphatic carboxylic acids is 2. The second-order valence-electron chi connectivity index (χ2n) is 10.0. The molecule has 0 rings (SSSR count). The summed E-state index contributed by atoms with van der Waals surface area (Å²) in [6.45, 7) is 4.50. The molecule has 0 aromatic heterocycles. The van der Waals surface area contributed by atoms with Crippen LogP contribution < -0.4 is 10.2 Å². The molecule has 0 aliphatic rings. The summed E-state index contributed by atoms with van der Waals surface area (Å²) in [5.41, 5.74) is 0. The summed E-state index contributed by atoms with van der Waals surface area (Å²) in [6.07, 6.45) is 31.0. The summed E-state index contributed by atoms with van der Waals surface area (Å²) in [6, 6.07) is 0. The Morgan fingerprint density at radius 1 is 0.371 bits per heavy atom. The molecule has 0 N–H and O–H groups in total. The van der Waals surface area contributed by atoms with E-state index < -0.39 is 11.9 Å². The molecule has 0 atom stereocenters. The van der Waals surface area contributed by atoms with Crippen molar-refractivity contribution in [3.8, 4) is 0 Å². The Kier molecular flexibility index (Phi) is 40.2. The quantitative estimate of drug-likeness (QED) is 0.0911. The first kappa shape index (κ1) is 39.2. The number of hydrogen-bond acceptors (Lipinski definition) is 4. The SMILES string of the molecule is CCCCCCCCCCCCCCC(=O)[O-].CCCCCCCCCCCCCCC(=O)[O-].[Mg+2]. The van der Waals surface area contributed by atoms with Gasteiger partial charge in [0.05, 0.1) is 0 Å². The molecule has 0 radical (unpaired) electrons. The Labute approximate surface area is 235 Å². The average molecular weight is 507 g/mol. The minimum Gasteiger partial charge on any atom is -0.550 e. The predicted molar refractivity (Wildman–Crippen MR) is 147 cm³/mol. The molecule has 0 fully saturated rings. The monoisotopic (exact) mass is 506 g/mol. The Hall–Kier alpha value is -0.294. The Morgan fingerprint density at radius 2 is 0.543 bits per heavy atom. The summed E-state index contributed by atoms with van der Waals surface area (Å²) >= 11 is 0. The number of rotatable bonds is 26. The summed E-state index contributed by atoms with van der Waals surface area (Å²) in [5, 5.41) is 20.3. The number of hydrogen-bond donors (Lipinski definition) is 0. The van der Waals surface area contributed by atoms with Gasteiger partial charge in [-0.15, -0.1) is 0 Å². The smallest absolute Gasteiger partial charge is 0.550 e. The first-order valence-corrected chi connectivity index (χ1v) is 14.9. The van der Waals surface area contributed by atoms with E-state index in [-0.39, 0.29) is 35.9 Å². The maximum absolute atomic E-state index is 10.2. The van der Waals surface area contributed by atoms with E-state index in [0.717, 1.165) is 25.7 Å². The van der Waals surface area contributed by atoms with Gasteiger partial charge < -0.3 is 19.8 Å². The van der Waals surface area contributed by atoms with Crippen molar-refractivity contribution in [2.24, 2.45) is 0 Å². The normalized spacial score (nSPS) is 10.3. The van der Waals surface area contributed by atoms with Gasteiger partial charge >= 0.3 is 23.1 Å². The fourth-order valence-electron chi connectivity index (χ4n) is 4.22. The molecule has 0 aliphatic carbocycles. The molecular formula is C30H58MgO4. The fourth-order valence-corrected chi connectivity index (χ4v) is 4.22. The van der Waals surface area contributed by atoms with E-state index in [1.807, 2.05) is 0 Å². The van der Waals surface area contributed by atoms with E-state index in [1.165, 1.54) is 128 Å². The molecule has 35 heavy (non-hydrogen) atoms. The summed E-state index contributed by atoms with van der Waals surface area (Å²) in [7, 11) is 0. The van der Waals surface area contributed by atoms with Gasteiger partial charge in [0.2, 0.25) is 0 Å². The van der Waals surface area contributed by atoms with Crippen LogP contribution in [0.3, 0.4) is 0 Å². The van der Waals surface area contributed by atoms with Crippen molar-refractivity contribution >= 4 is 35.0 Å². The fraction of sp³-hybridized carbons (Fsp3) is 0.933. The summed E-state index contributed by atoms with van der Waals surface area (Å²) < 4.78 is 0. The van der Waals surface area contributed by atoms with Crippen LogP contribution >= 0.6 is 0 Å². The average Bonchev–Trinajstić information content (AvgIpc) is 2.80. The maximum Gasteiger partial charge on any atom is 2.00 e. The molecule has 0 saturated carbocycles. The van der Waals surface area contributed by atoms with E-state index in [4.69, 9.17) is 0 Å². The third-order valence-corrected chi connectivity index (χ3v) is 6.47. The maximum atomic E-state index is 10.2. The minimum atomic E-state index is -0.905. The predicted octanol–water partition coefficient (Wildman–Crippen LogP) is 7.27. The van der Waals surface area contributed by atoms with Crippen LogP contribution in [0.2, 0.25) is 0 Å². The van der Waals surface area contributed by atoms with Crippen LogP contribution in [-0.2, 0) is 9.59 Å². The Morgan fingerprint density at radius 3 is 0.714 bits per heavy atom. The molecule has 0 unspecified atom stereocenters. The molecule has 0 aromatic carbocycles. The first-order chi connectivity index (χ1) is 16.5. The molecule has 0 spiro atoms. The van der Waals surface area contributed by atoms with Crippen LogP contribution in [-0.4, -0.2) is 35.0 Å².